The average molecular weight is 793 g/mol. The van der Waals surface area contributed by atoms with E-state index in [9.17, 15) is 25.3 Å². The third-order valence-electron chi connectivity index (χ3n) is 10.2. The minimum Gasteiger partial charge on any atom is -0.270 e. The molecular weight excluding hydrogens is 733 g/mol. The van der Waals surface area contributed by atoms with Crippen molar-refractivity contribution in [2.45, 2.75) is 145 Å². The van der Waals surface area contributed by atoms with Crippen LogP contribution in [0.15, 0.2) is 69.3 Å². The molecule has 4 unspecified atom stereocenters. The van der Waals surface area contributed by atoms with Gasteiger partial charge in [0, 0.05) is 0 Å². The van der Waals surface area contributed by atoms with E-state index in [2.05, 4.69) is 13.8 Å². The van der Waals surface area contributed by atoms with Gasteiger partial charge in [0.1, 0.15) is 9.79 Å². The monoisotopic (exact) mass is 792 g/mol. The lowest BCUT2D eigenvalue weighted by Gasteiger charge is -2.26. The Morgan fingerprint density at radius 3 is 1.32 bits per heavy atom. The molecule has 0 saturated heterocycles. The maximum Gasteiger partial charge on any atom is 0.297 e. The molecule has 0 saturated carbocycles. The van der Waals surface area contributed by atoms with E-state index in [-0.39, 0.29) is 63.4 Å². The highest BCUT2D eigenvalue weighted by Crippen LogP contribution is 2.41. The van der Waals surface area contributed by atoms with Gasteiger partial charge in [0.05, 0.1) is 25.2 Å². The Balaban J connectivity index is 2.00. The fourth-order valence-electron chi connectivity index (χ4n) is 7.01. The molecule has 0 aliphatic rings. The second-order valence-electron chi connectivity index (χ2n) is 14.7. The van der Waals surface area contributed by atoms with Crippen LogP contribution in [0.3, 0.4) is 0 Å². The molecule has 0 aliphatic heterocycles. The topological polar surface area (TPSA) is 130 Å². The quantitative estimate of drug-likeness (QED) is 0.103. The van der Waals surface area contributed by atoms with E-state index in [4.69, 9.17) is 12.5 Å². The summed E-state index contributed by atoms with van der Waals surface area (Å²) in [6, 6.07) is 16.3. The van der Waals surface area contributed by atoms with E-state index in [0.717, 1.165) is 23.8 Å². The van der Waals surface area contributed by atoms with Gasteiger partial charge in [-0.15, -0.1) is 0 Å². The minimum absolute atomic E-state index is 0.0147. The van der Waals surface area contributed by atoms with Crippen LogP contribution in [0, 0.1) is 0 Å². The Kier molecular flexibility index (Phi) is 15.9. The summed E-state index contributed by atoms with van der Waals surface area (Å²) < 4.78 is 95.6. The fourth-order valence-corrected chi connectivity index (χ4v) is 11.1. The molecule has 296 valence electrons. The van der Waals surface area contributed by atoms with E-state index in [1.165, 1.54) is 6.07 Å². The first-order valence-electron chi connectivity index (χ1n) is 18.7. The van der Waals surface area contributed by atoms with Crippen LogP contribution in [-0.2, 0) is 42.9 Å². The highest BCUT2D eigenvalue weighted by atomic mass is 32.2. The molecule has 3 aromatic rings. The summed E-state index contributed by atoms with van der Waals surface area (Å²) in [6.45, 7) is 19.4. The third-order valence-corrected chi connectivity index (χ3v) is 14.6. The number of hydrogen-bond acceptors (Lipinski definition) is 9. The average Bonchev–Trinajstić information content (AvgIpc) is 3.11. The highest BCUT2D eigenvalue weighted by Gasteiger charge is 2.31. The van der Waals surface area contributed by atoms with Gasteiger partial charge < -0.3 is 0 Å². The fraction of sp³-hybridized carbons (Fsp3) is 0.561. The van der Waals surface area contributed by atoms with Crippen molar-refractivity contribution >= 4 is 30.4 Å². The van der Waals surface area contributed by atoms with Gasteiger partial charge in [-0.25, -0.2) is 0 Å². The first kappa shape index (κ1) is 44.8. The van der Waals surface area contributed by atoms with Crippen molar-refractivity contribution in [3.63, 3.8) is 0 Å². The van der Waals surface area contributed by atoms with Crippen LogP contribution in [0.4, 0.5) is 0 Å². The van der Waals surface area contributed by atoms with Crippen LogP contribution in [0.2, 0.25) is 0 Å². The Morgan fingerprint density at radius 2 is 0.887 bits per heavy atom. The lowest BCUT2D eigenvalue weighted by atomic mass is 9.84. The maximum atomic E-state index is 13.8. The summed E-state index contributed by atoms with van der Waals surface area (Å²) in [5, 5.41) is 0. The zero-order valence-electron chi connectivity index (χ0n) is 33.3. The van der Waals surface area contributed by atoms with Gasteiger partial charge in [-0.3, -0.25) is 12.5 Å². The Hall–Kier alpha value is -2.61. The van der Waals surface area contributed by atoms with Gasteiger partial charge in [-0.1, -0.05) is 104 Å². The molecule has 0 heterocycles. The smallest absolute Gasteiger partial charge is 0.270 e. The van der Waals surface area contributed by atoms with Crippen molar-refractivity contribution in [3.05, 3.63) is 88.0 Å². The van der Waals surface area contributed by atoms with E-state index in [1.54, 1.807) is 32.0 Å². The molecule has 0 spiro atoms. The van der Waals surface area contributed by atoms with Crippen LogP contribution < -0.4 is 0 Å². The summed E-state index contributed by atoms with van der Waals surface area (Å²) >= 11 is 0. The van der Waals surface area contributed by atoms with Crippen molar-refractivity contribution in [3.8, 4) is 0 Å². The highest BCUT2D eigenvalue weighted by molar-refractivity contribution is 7.87. The second-order valence-corrected chi connectivity index (χ2v) is 19.5. The van der Waals surface area contributed by atoms with E-state index in [0.29, 0.717) is 42.4 Å². The van der Waals surface area contributed by atoms with Crippen LogP contribution in [-0.4, -0.2) is 45.6 Å². The predicted molar refractivity (Wildman–Crippen MR) is 211 cm³/mol. The van der Waals surface area contributed by atoms with Gasteiger partial charge in [0.2, 0.25) is 0 Å². The molecule has 0 aromatic heterocycles. The maximum absolute atomic E-state index is 13.8. The van der Waals surface area contributed by atoms with Gasteiger partial charge >= 0.3 is 0 Å². The van der Waals surface area contributed by atoms with E-state index < -0.39 is 30.4 Å². The lowest BCUT2D eigenvalue weighted by molar-refractivity contribution is 0.335. The summed E-state index contributed by atoms with van der Waals surface area (Å²) in [7, 11) is -10.9. The van der Waals surface area contributed by atoms with Crippen LogP contribution >= 0.6 is 0 Å². The molecule has 53 heavy (non-hydrogen) atoms. The standard InChI is InChI=1S/C41H60O9S3/c1-12-49-52(44,45)40-35(30(8)22-21-29(7)34-17-14-15-20-39(34)51(42,43)48-11)18-16-19-36(40)31(9)23-24-32(10)38-26-33(27(3)4)25-37(28(5)6)41(38)53(46,47)50-13-2/h14-20,25-32H,12-13,21-24H2,1-11H3. The Bertz CT molecular complexity index is 2020. The van der Waals surface area contributed by atoms with Gasteiger partial charge in [0.25, 0.3) is 30.4 Å². The Morgan fingerprint density at radius 1 is 0.491 bits per heavy atom. The van der Waals surface area contributed by atoms with Crippen LogP contribution in [0.5, 0.6) is 0 Å². The molecule has 12 heteroatoms. The number of rotatable bonds is 20. The van der Waals surface area contributed by atoms with Crippen LogP contribution in [0.25, 0.3) is 0 Å². The van der Waals surface area contributed by atoms with Crippen molar-refractivity contribution in [1.82, 2.24) is 0 Å². The third kappa shape index (κ3) is 10.8. The zero-order valence-corrected chi connectivity index (χ0v) is 35.8. The van der Waals surface area contributed by atoms with Crippen molar-refractivity contribution in [1.29, 1.82) is 0 Å². The van der Waals surface area contributed by atoms with E-state index >= 15 is 0 Å². The van der Waals surface area contributed by atoms with Crippen molar-refractivity contribution < 1.29 is 37.8 Å². The lowest BCUT2D eigenvalue weighted by Crippen LogP contribution is -2.17. The summed E-state index contributed by atoms with van der Waals surface area (Å²) in [6.07, 6.45) is 2.38. The van der Waals surface area contributed by atoms with E-state index in [1.807, 2.05) is 71.9 Å². The summed E-state index contributed by atoms with van der Waals surface area (Å²) in [5.74, 6) is -0.566. The molecule has 0 fully saturated rings. The molecule has 0 bridgehead atoms. The number of hydrogen-bond donors (Lipinski definition) is 0. The first-order valence-corrected chi connectivity index (χ1v) is 22.9. The Labute approximate surface area is 320 Å². The molecule has 0 radical (unpaired) electrons. The van der Waals surface area contributed by atoms with Crippen molar-refractivity contribution in [2.75, 3.05) is 20.3 Å². The largest absolute Gasteiger partial charge is 0.297 e. The molecule has 0 amide bonds. The molecule has 3 aromatic carbocycles. The molecule has 3 rings (SSSR count). The van der Waals surface area contributed by atoms with Gasteiger partial charge in [-0.05, 0) is 114 Å². The molecular formula is C41H60O9S3. The SMILES string of the molecule is CCOS(=O)(=O)c1c(C(C)C)cc(C(C)C)cc1C(C)CCC(C)c1cccc(C(C)CCC(C)c2ccccc2S(=O)(=O)OC)c1S(=O)(=O)OCC. The number of benzene rings is 3. The van der Waals surface area contributed by atoms with Gasteiger partial charge in [-0.2, -0.15) is 25.3 Å². The molecule has 9 nitrogen and oxygen atoms in total. The normalized spacial score (nSPS) is 15.1. The van der Waals surface area contributed by atoms with Gasteiger partial charge in [0.15, 0.2) is 0 Å². The van der Waals surface area contributed by atoms with Crippen molar-refractivity contribution in [2.24, 2.45) is 0 Å². The molecule has 4 atom stereocenters. The molecule has 0 N–H and O–H groups in total. The zero-order chi connectivity index (χ0) is 39.9. The second kappa shape index (κ2) is 18.8. The summed E-state index contributed by atoms with van der Waals surface area (Å²) in [4.78, 5) is 0.547. The predicted octanol–water partition coefficient (Wildman–Crippen LogP) is 10.1. The summed E-state index contributed by atoms with van der Waals surface area (Å²) in [5.41, 5.74) is 4.47. The minimum atomic E-state index is -4.13. The molecule has 0 aliphatic carbocycles. The first-order chi connectivity index (χ1) is 24.7. The van der Waals surface area contributed by atoms with Crippen LogP contribution in [0.1, 0.15) is 164 Å².